The predicted molar refractivity (Wildman–Crippen MR) is 44.8 cm³/mol. The molecule has 0 aromatic carbocycles. The van der Waals surface area contributed by atoms with Crippen LogP contribution >= 0.6 is 0 Å². The molecule has 70 valence electrons. The molecule has 0 spiro atoms. The van der Waals surface area contributed by atoms with E-state index in [1.54, 1.807) is 7.05 Å². The zero-order valence-electron chi connectivity index (χ0n) is 7.22. The van der Waals surface area contributed by atoms with Crippen LogP contribution in [-0.4, -0.2) is 38.4 Å². The summed E-state index contributed by atoms with van der Waals surface area (Å²) >= 11 is 0. The Morgan fingerprint density at radius 2 is 2.50 bits per heavy atom. The molecule has 5 heteroatoms. The molecule has 1 heterocycles. The largest absolute Gasteiger partial charge is 0.379 e. The lowest BCUT2D eigenvalue weighted by Gasteiger charge is -2.26. The van der Waals surface area contributed by atoms with Gasteiger partial charge in [-0.1, -0.05) is 0 Å². The van der Waals surface area contributed by atoms with Crippen LogP contribution < -0.4 is 16.4 Å². The van der Waals surface area contributed by atoms with Gasteiger partial charge in [0.05, 0.1) is 12.1 Å². The summed E-state index contributed by atoms with van der Waals surface area (Å²) in [4.78, 5) is 11.0. The van der Waals surface area contributed by atoms with Crippen molar-refractivity contribution in [3.05, 3.63) is 0 Å². The first kappa shape index (κ1) is 9.28. The molecule has 1 saturated heterocycles. The molecule has 0 bridgehead atoms. The molecule has 1 aliphatic heterocycles. The van der Waals surface area contributed by atoms with Crippen molar-refractivity contribution in [2.75, 3.05) is 26.8 Å². The van der Waals surface area contributed by atoms with E-state index >= 15 is 0 Å². The van der Waals surface area contributed by atoms with Crippen LogP contribution in [0.3, 0.4) is 0 Å². The number of hydrogen-bond donors (Lipinski definition) is 3. The van der Waals surface area contributed by atoms with Gasteiger partial charge in [-0.15, -0.1) is 0 Å². The normalized spacial score (nSPS) is 28.5. The lowest BCUT2D eigenvalue weighted by molar-refractivity contribution is 0.168. The lowest BCUT2D eigenvalue weighted by atomic mass is 9.99. The zero-order chi connectivity index (χ0) is 9.03. The van der Waals surface area contributed by atoms with Gasteiger partial charge in [0, 0.05) is 20.2 Å². The predicted octanol–water partition coefficient (Wildman–Crippen LogP) is -0.967. The van der Waals surface area contributed by atoms with Crippen molar-refractivity contribution >= 4 is 6.03 Å². The molecule has 1 fully saturated rings. The third kappa shape index (κ3) is 1.86. The van der Waals surface area contributed by atoms with Crippen LogP contribution in [0.2, 0.25) is 0 Å². The zero-order valence-corrected chi connectivity index (χ0v) is 7.22. The minimum atomic E-state index is -0.347. The fourth-order valence-electron chi connectivity index (χ4n) is 1.22. The Kier molecular flexibility index (Phi) is 2.88. The average molecular weight is 173 g/mol. The molecule has 2 amide bonds. The monoisotopic (exact) mass is 173 g/mol. The summed E-state index contributed by atoms with van der Waals surface area (Å²) in [5, 5.41) is 5.28. The van der Waals surface area contributed by atoms with Gasteiger partial charge in [-0.25, -0.2) is 4.79 Å². The number of urea groups is 1. The molecule has 0 radical (unpaired) electrons. The fraction of sp³-hybridized carbons (Fsp3) is 0.857. The summed E-state index contributed by atoms with van der Waals surface area (Å²) in [6.45, 7) is 1.60. The van der Waals surface area contributed by atoms with E-state index in [2.05, 4.69) is 10.6 Å². The molecular formula is C7H15N3O2. The first-order chi connectivity index (χ1) is 5.72. The van der Waals surface area contributed by atoms with Crippen molar-refractivity contribution in [3.8, 4) is 0 Å². The molecule has 1 rings (SSSR count). The van der Waals surface area contributed by atoms with E-state index in [1.165, 1.54) is 0 Å². The highest BCUT2D eigenvalue weighted by molar-refractivity contribution is 5.74. The number of carbonyl (C=O) groups excluding carboxylic acids is 1. The van der Waals surface area contributed by atoms with E-state index < -0.39 is 0 Å². The van der Waals surface area contributed by atoms with E-state index in [9.17, 15) is 4.79 Å². The van der Waals surface area contributed by atoms with Gasteiger partial charge in [-0.3, -0.25) is 0 Å². The van der Waals surface area contributed by atoms with Gasteiger partial charge in [0.2, 0.25) is 0 Å². The highest BCUT2D eigenvalue weighted by atomic mass is 16.5. The van der Waals surface area contributed by atoms with Crippen molar-refractivity contribution in [1.82, 2.24) is 10.6 Å². The molecule has 5 nitrogen and oxygen atoms in total. The van der Waals surface area contributed by atoms with Gasteiger partial charge in [-0.2, -0.15) is 0 Å². The molecule has 0 aromatic rings. The van der Waals surface area contributed by atoms with Crippen molar-refractivity contribution in [3.63, 3.8) is 0 Å². The highest BCUT2D eigenvalue weighted by Gasteiger charge is 2.34. The maximum atomic E-state index is 11.0. The Balaban J connectivity index is 2.49. The SMILES string of the molecule is CNC(=O)NC1(CN)CCOC1. The van der Waals surface area contributed by atoms with Gasteiger partial charge >= 0.3 is 6.03 Å². The second-order valence-electron chi connectivity index (χ2n) is 2.99. The van der Waals surface area contributed by atoms with Gasteiger partial charge in [0.25, 0.3) is 0 Å². The number of carbonyl (C=O) groups is 1. The molecule has 0 aromatic heterocycles. The molecular weight excluding hydrogens is 158 g/mol. The summed E-state index contributed by atoms with van der Waals surface area (Å²) < 4.78 is 5.17. The van der Waals surface area contributed by atoms with Crippen LogP contribution in [-0.2, 0) is 4.74 Å². The fourth-order valence-corrected chi connectivity index (χ4v) is 1.22. The van der Waals surface area contributed by atoms with Gasteiger partial charge in [0.15, 0.2) is 0 Å². The van der Waals surface area contributed by atoms with Gasteiger partial charge < -0.3 is 21.1 Å². The molecule has 12 heavy (non-hydrogen) atoms. The molecule has 4 N–H and O–H groups in total. The van der Waals surface area contributed by atoms with E-state index in [4.69, 9.17) is 10.5 Å². The minimum absolute atomic E-state index is 0.203. The van der Waals surface area contributed by atoms with Crippen molar-refractivity contribution in [2.24, 2.45) is 5.73 Å². The van der Waals surface area contributed by atoms with E-state index in [-0.39, 0.29) is 11.6 Å². The van der Waals surface area contributed by atoms with E-state index in [0.29, 0.717) is 19.8 Å². The van der Waals surface area contributed by atoms with E-state index in [0.717, 1.165) is 6.42 Å². The van der Waals surface area contributed by atoms with Gasteiger partial charge in [-0.05, 0) is 6.42 Å². The average Bonchev–Trinajstić information content (AvgIpc) is 2.54. The third-order valence-electron chi connectivity index (χ3n) is 2.10. The van der Waals surface area contributed by atoms with Crippen molar-refractivity contribution in [2.45, 2.75) is 12.0 Å². The van der Waals surface area contributed by atoms with Crippen LogP contribution in [0.15, 0.2) is 0 Å². The Morgan fingerprint density at radius 1 is 1.75 bits per heavy atom. The Morgan fingerprint density at radius 3 is 2.92 bits per heavy atom. The first-order valence-electron chi connectivity index (χ1n) is 4.00. The minimum Gasteiger partial charge on any atom is -0.379 e. The Labute approximate surface area is 71.6 Å². The van der Waals surface area contributed by atoms with Crippen molar-refractivity contribution < 1.29 is 9.53 Å². The standard InChI is InChI=1S/C7H15N3O2/c1-9-6(11)10-7(4-8)2-3-12-5-7/h2-5,8H2,1H3,(H2,9,10,11). The molecule has 0 saturated carbocycles. The number of rotatable bonds is 2. The lowest BCUT2D eigenvalue weighted by Crippen LogP contribution is -2.56. The highest BCUT2D eigenvalue weighted by Crippen LogP contribution is 2.16. The van der Waals surface area contributed by atoms with E-state index in [1.807, 2.05) is 0 Å². The van der Waals surface area contributed by atoms with Crippen molar-refractivity contribution in [1.29, 1.82) is 0 Å². The quantitative estimate of drug-likeness (QED) is 0.503. The Bertz CT molecular complexity index is 166. The van der Waals surface area contributed by atoms with Gasteiger partial charge in [0.1, 0.15) is 0 Å². The van der Waals surface area contributed by atoms with Crippen LogP contribution in [0, 0.1) is 0 Å². The number of nitrogens with two attached hydrogens (primary N) is 1. The maximum absolute atomic E-state index is 11.0. The molecule has 1 unspecified atom stereocenters. The number of amides is 2. The van der Waals surface area contributed by atoms with Crippen LogP contribution in [0.5, 0.6) is 0 Å². The maximum Gasteiger partial charge on any atom is 0.315 e. The molecule has 1 atom stereocenters. The van der Waals surface area contributed by atoms with Crippen LogP contribution in [0.25, 0.3) is 0 Å². The summed E-state index contributed by atoms with van der Waals surface area (Å²) in [5.41, 5.74) is 5.20. The third-order valence-corrected chi connectivity index (χ3v) is 2.10. The second kappa shape index (κ2) is 3.73. The topological polar surface area (TPSA) is 76.4 Å². The molecule has 0 aliphatic carbocycles. The first-order valence-corrected chi connectivity index (χ1v) is 4.00. The second-order valence-corrected chi connectivity index (χ2v) is 2.99. The Hall–Kier alpha value is -0.810. The number of nitrogens with one attached hydrogen (secondary N) is 2. The summed E-state index contributed by atoms with van der Waals surface area (Å²) in [6, 6.07) is -0.203. The number of hydrogen-bond acceptors (Lipinski definition) is 3. The summed E-state index contributed by atoms with van der Waals surface area (Å²) in [5.74, 6) is 0. The smallest absolute Gasteiger partial charge is 0.315 e. The molecule has 1 aliphatic rings. The summed E-state index contributed by atoms with van der Waals surface area (Å²) in [7, 11) is 1.58. The summed E-state index contributed by atoms with van der Waals surface area (Å²) in [6.07, 6.45) is 0.789. The number of ether oxygens (including phenoxy) is 1. The van der Waals surface area contributed by atoms with Crippen LogP contribution in [0.1, 0.15) is 6.42 Å². The van der Waals surface area contributed by atoms with Crippen LogP contribution in [0.4, 0.5) is 4.79 Å².